The summed E-state index contributed by atoms with van der Waals surface area (Å²) in [6.07, 6.45) is 6.66. The summed E-state index contributed by atoms with van der Waals surface area (Å²) in [6, 6.07) is 8.59. The monoisotopic (exact) mass is 309 g/mol. The van der Waals surface area contributed by atoms with E-state index in [2.05, 4.69) is 68.3 Å². The highest BCUT2D eigenvalue weighted by molar-refractivity contribution is 7.92. The largest absolute Gasteiger partial charge is 0.372 e. The summed E-state index contributed by atoms with van der Waals surface area (Å²) < 4.78 is 0. The zero-order valence-corrected chi connectivity index (χ0v) is 14.5. The maximum atomic E-state index is 4.39. The third kappa shape index (κ3) is 5.84. The van der Waals surface area contributed by atoms with E-state index in [1.54, 1.807) is 5.41 Å². The van der Waals surface area contributed by atoms with Gasteiger partial charge in [-0.15, -0.1) is 12.6 Å². The number of hydrogen-bond donors (Lipinski definition) is 2. The van der Waals surface area contributed by atoms with Crippen LogP contribution in [0.15, 0.2) is 29.7 Å². The van der Waals surface area contributed by atoms with Crippen molar-refractivity contribution in [3.8, 4) is 0 Å². The molecule has 1 rings (SSSR count). The highest BCUT2D eigenvalue weighted by Gasteiger charge is 2.04. The van der Waals surface area contributed by atoms with Crippen molar-refractivity contribution in [1.29, 1.82) is 0 Å². The van der Waals surface area contributed by atoms with Crippen molar-refractivity contribution in [3.63, 3.8) is 0 Å². The molecular formula is C17H27NS2. The molecule has 0 N–H and O–H groups in total. The quantitative estimate of drug-likeness (QED) is 0.441. The first-order chi connectivity index (χ1) is 9.72. The lowest BCUT2D eigenvalue weighted by Gasteiger charge is -2.23. The topological polar surface area (TPSA) is 3.24 Å². The second-order valence-electron chi connectivity index (χ2n) is 5.06. The summed E-state index contributed by atoms with van der Waals surface area (Å²) in [4.78, 5) is 3.35. The van der Waals surface area contributed by atoms with Gasteiger partial charge in [-0.25, -0.2) is 0 Å². The van der Waals surface area contributed by atoms with Gasteiger partial charge in [0.2, 0.25) is 0 Å². The number of rotatable bonds is 9. The number of nitrogens with zero attached hydrogens (tertiary/aromatic N) is 1. The van der Waals surface area contributed by atoms with E-state index < -0.39 is 0 Å². The molecule has 0 fully saturated rings. The Kier molecular flexibility index (Phi) is 8.95. The van der Waals surface area contributed by atoms with Crippen LogP contribution in [0.4, 0.5) is 5.69 Å². The van der Waals surface area contributed by atoms with Crippen LogP contribution in [-0.4, -0.2) is 13.1 Å². The second kappa shape index (κ2) is 10.2. The van der Waals surface area contributed by atoms with Gasteiger partial charge in [-0.1, -0.05) is 44.7 Å². The molecule has 0 amide bonds. The van der Waals surface area contributed by atoms with E-state index in [0.29, 0.717) is 0 Å². The van der Waals surface area contributed by atoms with Crippen molar-refractivity contribution in [2.75, 3.05) is 18.0 Å². The van der Waals surface area contributed by atoms with Crippen molar-refractivity contribution in [2.45, 2.75) is 46.0 Å². The van der Waals surface area contributed by atoms with Gasteiger partial charge >= 0.3 is 0 Å². The van der Waals surface area contributed by atoms with Crippen LogP contribution in [0.1, 0.15) is 51.5 Å². The zero-order valence-electron chi connectivity index (χ0n) is 12.7. The lowest BCUT2D eigenvalue weighted by molar-refractivity contribution is 0.621. The Morgan fingerprint density at radius 2 is 1.70 bits per heavy atom. The maximum absolute atomic E-state index is 4.39. The molecule has 0 aliphatic carbocycles. The fourth-order valence-corrected chi connectivity index (χ4v) is 2.59. The van der Waals surface area contributed by atoms with Gasteiger partial charge < -0.3 is 4.90 Å². The molecule has 20 heavy (non-hydrogen) atoms. The average Bonchev–Trinajstić information content (AvgIpc) is 2.50. The van der Waals surface area contributed by atoms with Gasteiger partial charge in [0.25, 0.3) is 0 Å². The Morgan fingerprint density at radius 3 is 2.25 bits per heavy atom. The normalized spacial score (nSPS) is 11.7. The Morgan fingerprint density at radius 1 is 1.05 bits per heavy atom. The van der Waals surface area contributed by atoms with Crippen molar-refractivity contribution in [2.24, 2.45) is 0 Å². The predicted octanol–water partition coefficient (Wildman–Crippen LogP) is 5.64. The summed E-state index contributed by atoms with van der Waals surface area (Å²) in [7, 11) is 0. The molecule has 0 aliphatic heterocycles. The molecule has 0 spiro atoms. The van der Waals surface area contributed by atoms with E-state index in [4.69, 9.17) is 0 Å². The van der Waals surface area contributed by atoms with Gasteiger partial charge in [0, 0.05) is 23.7 Å². The second-order valence-corrected chi connectivity index (χ2v) is 5.80. The molecular weight excluding hydrogens is 282 g/mol. The van der Waals surface area contributed by atoms with Gasteiger partial charge in [-0.05, 0) is 36.4 Å². The molecule has 0 atom stereocenters. The van der Waals surface area contributed by atoms with Crippen molar-refractivity contribution in [3.05, 3.63) is 35.2 Å². The van der Waals surface area contributed by atoms with Crippen LogP contribution in [0.5, 0.6) is 0 Å². The summed E-state index contributed by atoms with van der Waals surface area (Å²) in [5, 5.41) is 1.73. The first kappa shape index (κ1) is 17.5. The third-order valence-corrected chi connectivity index (χ3v) is 4.41. The Bertz CT molecular complexity index is 398. The first-order valence-electron chi connectivity index (χ1n) is 7.61. The smallest absolute Gasteiger partial charge is 0.0366 e. The van der Waals surface area contributed by atoms with Crippen LogP contribution in [0.2, 0.25) is 0 Å². The minimum absolute atomic E-state index is 0.905. The minimum atomic E-state index is 0.905. The number of anilines is 1. The molecule has 0 heterocycles. The molecule has 0 saturated heterocycles. The number of thiol groups is 2. The van der Waals surface area contributed by atoms with Gasteiger partial charge in [-0.3, -0.25) is 0 Å². The van der Waals surface area contributed by atoms with Crippen LogP contribution in [-0.2, 0) is 0 Å². The summed E-state index contributed by atoms with van der Waals surface area (Å²) in [5.74, 6) is 0. The van der Waals surface area contributed by atoms with Crippen LogP contribution < -0.4 is 4.90 Å². The minimum Gasteiger partial charge on any atom is -0.372 e. The van der Waals surface area contributed by atoms with Gasteiger partial charge in [0.15, 0.2) is 0 Å². The van der Waals surface area contributed by atoms with Crippen LogP contribution in [0.3, 0.4) is 0 Å². The Labute approximate surface area is 135 Å². The molecule has 0 radical (unpaired) electrons. The summed E-state index contributed by atoms with van der Waals surface area (Å²) in [6.45, 7) is 6.69. The lowest BCUT2D eigenvalue weighted by Crippen LogP contribution is -2.23. The lowest BCUT2D eigenvalue weighted by atomic mass is 10.1. The fourth-order valence-electron chi connectivity index (χ4n) is 2.29. The molecule has 0 bridgehead atoms. The van der Waals surface area contributed by atoms with E-state index in [0.717, 1.165) is 23.6 Å². The van der Waals surface area contributed by atoms with Gasteiger partial charge in [0.1, 0.15) is 0 Å². The zero-order chi connectivity index (χ0) is 14.8. The summed E-state index contributed by atoms with van der Waals surface area (Å²) >= 11 is 8.53. The molecule has 0 aromatic heterocycles. The van der Waals surface area contributed by atoms with Crippen molar-refractivity contribution < 1.29 is 0 Å². The van der Waals surface area contributed by atoms with Gasteiger partial charge in [-0.2, -0.15) is 12.6 Å². The van der Waals surface area contributed by atoms with Crippen LogP contribution >= 0.6 is 25.3 Å². The summed E-state index contributed by atoms with van der Waals surface area (Å²) in [5.41, 5.74) is 2.41. The van der Waals surface area contributed by atoms with Crippen molar-refractivity contribution in [1.82, 2.24) is 0 Å². The highest BCUT2D eigenvalue weighted by Crippen LogP contribution is 2.23. The van der Waals surface area contributed by atoms with E-state index in [-0.39, 0.29) is 0 Å². The molecule has 0 unspecified atom stereocenters. The molecule has 1 aromatic rings. The molecule has 112 valence electrons. The predicted molar refractivity (Wildman–Crippen MR) is 99.0 cm³/mol. The molecule has 3 heteroatoms. The molecule has 1 nitrogen and oxygen atoms in total. The maximum Gasteiger partial charge on any atom is 0.0366 e. The number of unbranched alkanes of at least 4 members (excludes halogenated alkanes) is 4. The SMILES string of the molecule is CCCCCCCN(CC)c1ccc(C(S)=CS)cc1. The fraction of sp³-hybridized carbons (Fsp3) is 0.529. The van der Waals surface area contributed by atoms with E-state index in [1.165, 1.54) is 37.8 Å². The van der Waals surface area contributed by atoms with E-state index in [1.807, 2.05) is 0 Å². The van der Waals surface area contributed by atoms with Crippen molar-refractivity contribution >= 4 is 35.9 Å². The van der Waals surface area contributed by atoms with Gasteiger partial charge in [0.05, 0.1) is 0 Å². The first-order valence-corrected chi connectivity index (χ1v) is 8.58. The Balaban J connectivity index is 2.52. The van der Waals surface area contributed by atoms with Crippen LogP contribution in [0.25, 0.3) is 4.91 Å². The molecule has 1 aromatic carbocycles. The third-order valence-electron chi connectivity index (χ3n) is 3.56. The molecule has 0 saturated carbocycles. The standard InChI is InChI=1S/C17H27NS2/c1-3-5-6-7-8-13-18(4-2)16-11-9-15(10-12-16)17(20)14-19/h9-12,14,19-20H,3-8,13H2,1-2H3. The number of benzene rings is 1. The molecule has 0 aliphatic rings. The average molecular weight is 310 g/mol. The highest BCUT2D eigenvalue weighted by atomic mass is 32.1. The number of hydrogen-bond acceptors (Lipinski definition) is 3. The Hall–Kier alpha value is -0.540. The van der Waals surface area contributed by atoms with E-state index in [9.17, 15) is 0 Å². The van der Waals surface area contributed by atoms with Crippen LogP contribution in [0, 0.1) is 0 Å². The van der Waals surface area contributed by atoms with E-state index >= 15 is 0 Å².